The highest BCUT2D eigenvalue weighted by molar-refractivity contribution is 5.92. The Kier molecular flexibility index (Phi) is 4.25. The van der Waals surface area contributed by atoms with Gasteiger partial charge in [-0.2, -0.15) is 5.10 Å². The summed E-state index contributed by atoms with van der Waals surface area (Å²) in [6.07, 6.45) is 1.47. The van der Waals surface area contributed by atoms with E-state index in [2.05, 4.69) is 10.2 Å². The first-order chi connectivity index (χ1) is 11.1. The molecule has 23 heavy (non-hydrogen) atoms. The van der Waals surface area contributed by atoms with Crippen molar-refractivity contribution in [1.82, 2.24) is 15.1 Å². The van der Waals surface area contributed by atoms with Crippen LogP contribution in [-0.4, -0.2) is 50.9 Å². The number of likely N-dealkylation sites (tertiary alicyclic amines) is 1. The van der Waals surface area contributed by atoms with Gasteiger partial charge in [0.15, 0.2) is 5.69 Å². The average Bonchev–Trinajstić information content (AvgIpc) is 2.58. The van der Waals surface area contributed by atoms with E-state index >= 15 is 0 Å². The predicted molar refractivity (Wildman–Crippen MR) is 84.0 cm³/mol. The predicted octanol–water partition coefficient (Wildman–Crippen LogP) is 1.52. The lowest BCUT2D eigenvalue weighted by atomic mass is 9.90. The molecule has 0 radical (unpaired) electrons. The fourth-order valence-electron chi connectivity index (χ4n) is 2.60. The summed E-state index contributed by atoms with van der Waals surface area (Å²) in [5, 5.41) is 18.2. The number of nitrogens with zero attached hydrogens (tertiary/aromatic N) is 3. The average molecular weight is 313 g/mol. The summed E-state index contributed by atoms with van der Waals surface area (Å²) < 4.78 is 5.91. The van der Waals surface area contributed by atoms with Crippen LogP contribution in [0.2, 0.25) is 0 Å². The van der Waals surface area contributed by atoms with Crippen LogP contribution in [0.15, 0.2) is 48.7 Å². The number of hydrogen-bond acceptors (Lipinski definition) is 5. The third-order valence-corrected chi connectivity index (χ3v) is 4.07. The zero-order valence-electron chi connectivity index (χ0n) is 12.9. The van der Waals surface area contributed by atoms with Gasteiger partial charge in [0, 0.05) is 12.7 Å². The number of aromatic nitrogens is 2. The molecule has 3 rings (SSSR count). The zero-order chi connectivity index (χ0) is 16.3. The summed E-state index contributed by atoms with van der Waals surface area (Å²) in [6.45, 7) is 2.50. The molecular weight excluding hydrogens is 294 g/mol. The molecular formula is C17H19N3O3. The second-order valence-electron chi connectivity index (χ2n) is 5.89. The van der Waals surface area contributed by atoms with Crippen LogP contribution >= 0.6 is 0 Å². The molecule has 2 heterocycles. The lowest BCUT2D eigenvalue weighted by Crippen LogP contribution is -2.57. The molecule has 2 aromatic rings. The molecule has 0 unspecified atom stereocenters. The smallest absolute Gasteiger partial charge is 0.274 e. The molecule has 1 aromatic heterocycles. The number of carbonyl (C=O) groups is 1. The minimum absolute atomic E-state index is 0.199. The van der Waals surface area contributed by atoms with Gasteiger partial charge in [0.05, 0.1) is 6.54 Å². The molecule has 6 nitrogen and oxygen atoms in total. The Bertz CT molecular complexity index is 661. The van der Waals surface area contributed by atoms with Gasteiger partial charge in [-0.05, 0) is 37.6 Å². The van der Waals surface area contributed by atoms with Crippen LogP contribution in [0.5, 0.6) is 5.75 Å². The second kappa shape index (κ2) is 6.34. The molecule has 1 amide bonds. The molecule has 120 valence electrons. The number of amides is 1. The van der Waals surface area contributed by atoms with Crippen molar-refractivity contribution in [3.8, 4) is 5.75 Å². The van der Waals surface area contributed by atoms with Crippen molar-refractivity contribution in [2.24, 2.45) is 0 Å². The van der Waals surface area contributed by atoms with Crippen LogP contribution in [0.25, 0.3) is 0 Å². The van der Waals surface area contributed by atoms with Gasteiger partial charge in [-0.15, -0.1) is 5.10 Å². The highest BCUT2D eigenvalue weighted by atomic mass is 16.5. The SMILES string of the molecule is C[C@@]1(O)CCN(C(=O)c2cccnn2)C[C@H]1Oc1ccccc1. The first-order valence-electron chi connectivity index (χ1n) is 7.57. The van der Waals surface area contributed by atoms with Gasteiger partial charge in [0.1, 0.15) is 17.5 Å². The Balaban J connectivity index is 1.75. The zero-order valence-corrected chi connectivity index (χ0v) is 12.9. The van der Waals surface area contributed by atoms with Gasteiger partial charge < -0.3 is 14.7 Å². The van der Waals surface area contributed by atoms with Crippen LogP contribution in [0, 0.1) is 0 Å². The Labute approximate surface area is 134 Å². The summed E-state index contributed by atoms with van der Waals surface area (Å²) in [5.41, 5.74) is -0.692. The van der Waals surface area contributed by atoms with Crippen molar-refractivity contribution < 1.29 is 14.6 Å². The van der Waals surface area contributed by atoms with Crippen molar-refractivity contribution in [2.75, 3.05) is 13.1 Å². The highest BCUT2D eigenvalue weighted by Crippen LogP contribution is 2.27. The molecule has 0 spiro atoms. The van der Waals surface area contributed by atoms with E-state index in [1.165, 1.54) is 6.20 Å². The van der Waals surface area contributed by atoms with Crippen LogP contribution in [0.4, 0.5) is 0 Å². The van der Waals surface area contributed by atoms with E-state index < -0.39 is 11.7 Å². The summed E-state index contributed by atoms with van der Waals surface area (Å²) in [4.78, 5) is 14.1. The van der Waals surface area contributed by atoms with Gasteiger partial charge >= 0.3 is 0 Å². The summed E-state index contributed by atoms with van der Waals surface area (Å²) >= 11 is 0. The molecule has 2 atom stereocenters. The van der Waals surface area contributed by atoms with Gasteiger partial charge in [-0.1, -0.05) is 18.2 Å². The van der Waals surface area contributed by atoms with Gasteiger partial charge in [0.2, 0.25) is 0 Å². The van der Waals surface area contributed by atoms with Crippen molar-refractivity contribution in [3.05, 3.63) is 54.4 Å². The van der Waals surface area contributed by atoms with Gasteiger partial charge in [-0.25, -0.2) is 0 Å². The number of hydrogen-bond donors (Lipinski definition) is 1. The Morgan fingerprint density at radius 2 is 2.09 bits per heavy atom. The molecule has 1 aliphatic rings. The molecule has 6 heteroatoms. The Morgan fingerprint density at radius 3 is 2.78 bits per heavy atom. The number of aliphatic hydroxyl groups is 1. The molecule has 1 aromatic carbocycles. The van der Waals surface area contributed by atoms with E-state index in [-0.39, 0.29) is 5.91 Å². The number of ether oxygens (including phenoxy) is 1. The quantitative estimate of drug-likeness (QED) is 0.930. The van der Waals surface area contributed by atoms with Crippen LogP contribution < -0.4 is 4.74 Å². The van der Waals surface area contributed by atoms with Crippen LogP contribution in [-0.2, 0) is 0 Å². The summed E-state index contributed by atoms with van der Waals surface area (Å²) in [5.74, 6) is 0.474. The lowest BCUT2D eigenvalue weighted by molar-refractivity contribution is -0.0882. The van der Waals surface area contributed by atoms with Gasteiger partial charge in [0.25, 0.3) is 5.91 Å². The maximum Gasteiger partial charge on any atom is 0.274 e. The normalized spacial score (nSPS) is 24.3. The number of benzene rings is 1. The molecule has 0 aliphatic carbocycles. The van der Waals surface area contributed by atoms with E-state index in [1.54, 1.807) is 24.0 Å². The van der Waals surface area contributed by atoms with Crippen molar-refractivity contribution >= 4 is 5.91 Å². The van der Waals surface area contributed by atoms with Crippen molar-refractivity contribution in [3.63, 3.8) is 0 Å². The number of piperidine rings is 1. The minimum Gasteiger partial charge on any atom is -0.486 e. The maximum absolute atomic E-state index is 12.5. The van der Waals surface area contributed by atoms with E-state index in [4.69, 9.17) is 4.74 Å². The summed E-state index contributed by atoms with van der Waals surface area (Å²) in [6, 6.07) is 12.6. The van der Waals surface area contributed by atoms with E-state index in [9.17, 15) is 9.90 Å². The Morgan fingerprint density at radius 1 is 1.30 bits per heavy atom. The van der Waals surface area contributed by atoms with E-state index in [1.807, 2.05) is 30.3 Å². The molecule has 1 fully saturated rings. The monoisotopic (exact) mass is 313 g/mol. The third-order valence-electron chi connectivity index (χ3n) is 4.07. The molecule has 1 aliphatic heterocycles. The van der Waals surface area contributed by atoms with Gasteiger partial charge in [-0.3, -0.25) is 4.79 Å². The van der Waals surface area contributed by atoms with E-state index in [0.717, 1.165) is 0 Å². The first kappa shape index (κ1) is 15.4. The number of carbonyl (C=O) groups excluding carboxylic acids is 1. The fourth-order valence-corrected chi connectivity index (χ4v) is 2.60. The summed E-state index contributed by atoms with van der Waals surface area (Å²) in [7, 11) is 0. The number of para-hydroxylation sites is 1. The second-order valence-corrected chi connectivity index (χ2v) is 5.89. The molecule has 0 bridgehead atoms. The van der Waals surface area contributed by atoms with Crippen molar-refractivity contribution in [2.45, 2.75) is 25.0 Å². The Hall–Kier alpha value is -2.47. The lowest BCUT2D eigenvalue weighted by Gasteiger charge is -2.42. The standard InChI is InChI=1S/C17H19N3O3/c1-17(22)9-11-20(16(21)14-8-5-10-18-19-14)12-15(17)23-13-6-3-2-4-7-13/h2-8,10,15,22H,9,11-12H2,1H3/t15-,17-/m1/s1. The third kappa shape index (κ3) is 3.48. The van der Waals surface area contributed by atoms with Crippen molar-refractivity contribution in [1.29, 1.82) is 0 Å². The number of rotatable bonds is 3. The molecule has 1 saturated heterocycles. The van der Waals surface area contributed by atoms with E-state index in [0.29, 0.717) is 31.0 Å². The fraction of sp³-hybridized carbons (Fsp3) is 0.353. The minimum atomic E-state index is -0.991. The molecule has 1 N–H and O–H groups in total. The van der Waals surface area contributed by atoms with Crippen LogP contribution in [0.3, 0.4) is 0 Å². The largest absolute Gasteiger partial charge is 0.486 e. The topological polar surface area (TPSA) is 75.5 Å². The highest BCUT2D eigenvalue weighted by Gasteiger charge is 2.41. The molecule has 0 saturated carbocycles. The maximum atomic E-state index is 12.5. The van der Waals surface area contributed by atoms with Crippen LogP contribution in [0.1, 0.15) is 23.8 Å². The first-order valence-corrected chi connectivity index (χ1v) is 7.57.